The third kappa shape index (κ3) is 2.42. The van der Waals surface area contributed by atoms with Gasteiger partial charge in [-0.15, -0.1) is 10.2 Å². The molecule has 1 aliphatic heterocycles. The maximum atomic E-state index is 11.8. The van der Waals surface area contributed by atoms with Crippen LogP contribution in [0.3, 0.4) is 0 Å². The number of ether oxygens (including phenoxy) is 1. The van der Waals surface area contributed by atoms with E-state index < -0.39 is 5.92 Å². The second-order valence-corrected chi connectivity index (χ2v) is 5.49. The summed E-state index contributed by atoms with van der Waals surface area (Å²) in [4.78, 5) is 24.6. The predicted molar refractivity (Wildman–Crippen MR) is 64.2 cm³/mol. The molecule has 8 heteroatoms. The second-order valence-electron chi connectivity index (χ2n) is 3.48. The van der Waals surface area contributed by atoms with Crippen LogP contribution in [-0.4, -0.2) is 42.0 Å². The molecule has 6 nitrogen and oxygen atoms in total. The van der Waals surface area contributed by atoms with Crippen LogP contribution >= 0.6 is 23.1 Å². The highest BCUT2D eigenvalue weighted by Crippen LogP contribution is 2.31. The van der Waals surface area contributed by atoms with E-state index in [0.29, 0.717) is 11.7 Å². The van der Waals surface area contributed by atoms with E-state index in [2.05, 4.69) is 14.9 Å². The van der Waals surface area contributed by atoms with E-state index in [-0.39, 0.29) is 18.3 Å². The number of hydrogen-bond donors (Lipinski definition) is 0. The van der Waals surface area contributed by atoms with E-state index in [1.54, 1.807) is 0 Å². The fraction of sp³-hybridized carbons (Fsp3) is 0.556. The quantitative estimate of drug-likeness (QED) is 0.460. The van der Waals surface area contributed by atoms with Crippen LogP contribution < -0.4 is 4.90 Å². The van der Waals surface area contributed by atoms with Gasteiger partial charge in [-0.2, -0.15) is 0 Å². The number of carbonyl (C=O) groups excluding carboxylic acids is 2. The lowest BCUT2D eigenvalue weighted by atomic mass is 10.1. The molecule has 1 fully saturated rings. The van der Waals surface area contributed by atoms with Gasteiger partial charge in [0.05, 0.1) is 13.0 Å². The van der Waals surface area contributed by atoms with Crippen molar-refractivity contribution in [2.24, 2.45) is 5.92 Å². The Bertz CT molecular complexity index is 448. The number of thioether (sulfide) groups is 1. The van der Waals surface area contributed by atoms with Gasteiger partial charge >= 0.3 is 5.97 Å². The van der Waals surface area contributed by atoms with Crippen molar-refractivity contribution in [1.82, 2.24) is 10.2 Å². The summed E-state index contributed by atoms with van der Waals surface area (Å²) in [6.45, 7) is 0.328. The Balaban J connectivity index is 2.12. The molecule has 0 N–H and O–H groups in total. The summed E-state index contributed by atoms with van der Waals surface area (Å²) in [5.74, 6) is -0.853. The van der Waals surface area contributed by atoms with Crippen LogP contribution in [0.1, 0.15) is 6.42 Å². The number of methoxy groups -OCH3 is 1. The van der Waals surface area contributed by atoms with Crippen molar-refractivity contribution >= 4 is 40.1 Å². The summed E-state index contributed by atoms with van der Waals surface area (Å²) >= 11 is 2.83. The molecule has 0 aliphatic carbocycles. The molecule has 1 aromatic rings. The molecule has 2 rings (SSSR count). The summed E-state index contributed by atoms with van der Waals surface area (Å²) in [5.41, 5.74) is 0. The van der Waals surface area contributed by atoms with E-state index in [0.717, 1.165) is 4.34 Å². The first-order valence-corrected chi connectivity index (χ1v) is 6.95. The summed E-state index contributed by atoms with van der Waals surface area (Å²) < 4.78 is 5.44. The lowest BCUT2D eigenvalue weighted by Gasteiger charge is -2.10. The first kappa shape index (κ1) is 12.3. The van der Waals surface area contributed by atoms with Crippen molar-refractivity contribution in [3.63, 3.8) is 0 Å². The molecule has 0 spiro atoms. The highest BCUT2D eigenvalue weighted by molar-refractivity contribution is 8.00. The van der Waals surface area contributed by atoms with Crippen molar-refractivity contribution < 1.29 is 14.3 Å². The Kier molecular flexibility index (Phi) is 3.63. The normalized spacial score (nSPS) is 19.8. The molecule has 1 saturated heterocycles. The van der Waals surface area contributed by atoms with Crippen LogP contribution in [0.5, 0.6) is 0 Å². The van der Waals surface area contributed by atoms with Gasteiger partial charge in [-0.05, 0) is 6.26 Å². The molecule has 0 bridgehead atoms. The lowest BCUT2D eigenvalue weighted by molar-refractivity contribution is -0.145. The van der Waals surface area contributed by atoms with Crippen molar-refractivity contribution in [2.45, 2.75) is 10.8 Å². The van der Waals surface area contributed by atoms with Gasteiger partial charge in [0.1, 0.15) is 0 Å². The lowest BCUT2D eigenvalue weighted by Crippen LogP contribution is -2.26. The molecule has 1 unspecified atom stereocenters. The van der Waals surface area contributed by atoms with Crippen LogP contribution in [0, 0.1) is 5.92 Å². The monoisotopic (exact) mass is 273 g/mol. The van der Waals surface area contributed by atoms with Gasteiger partial charge < -0.3 is 4.74 Å². The molecule has 1 aliphatic rings. The predicted octanol–water partition coefficient (Wildman–Crippen LogP) is 0.786. The molecule has 0 radical (unpaired) electrons. The Morgan fingerprint density at radius 2 is 2.35 bits per heavy atom. The second kappa shape index (κ2) is 5.01. The first-order valence-electron chi connectivity index (χ1n) is 4.91. The smallest absolute Gasteiger partial charge is 0.311 e. The molecule has 0 saturated carbocycles. The van der Waals surface area contributed by atoms with Crippen LogP contribution in [0.2, 0.25) is 0 Å². The van der Waals surface area contributed by atoms with Gasteiger partial charge in [-0.1, -0.05) is 23.1 Å². The molecule has 1 aromatic heterocycles. The maximum absolute atomic E-state index is 11.8. The van der Waals surface area contributed by atoms with Crippen molar-refractivity contribution in [2.75, 3.05) is 24.8 Å². The summed E-state index contributed by atoms with van der Waals surface area (Å²) in [6.07, 6.45) is 2.08. The minimum absolute atomic E-state index is 0.107. The molecule has 2 heterocycles. The maximum Gasteiger partial charge on any atom is 0.311 e. The number of aromatic nitrogens is 2. The van der Waals surface area contributed by atoms with E-state index >= 15 is 0 Å². The Morgan fingerprint density at radius 1 is 1.59 bits per heavy atom. The zero-order chi connectivity index (χ0) is 12.4. The number of hydrogen-bond acceptors (Lipinski definition) is 7. The molecule has 92 valence electrons. The number of carbonyl (C=O) groups is 2. The van der Waals surface area contributed by atoms with Gasteiger partial charge in [-0.3, -0.25) is 14.5 Å². The van der Waals surface area contributed by atoms with Gasteiger partial charge in [-0.25, -0.2) is 0 Å². The molecular weight excluding hydrogens is 262 g/mol. The van der Waals surface area contributed by atoms with E-state index in [1.165, 1.54) is 35.1 Å². The molecule has 1 atom stereocenters. The topological polar surface area (TPSA) is 72.4 Å². The Morgan fingerprint density at radius 3 is 2.94 bits per heavy atom. The van der Waals surface area contributed by atoms with Crippen molar-refractivity contribution in [3.8, 4) is 0 Å². The Hall–Kier alpha value is -1.15. The first-order chi connectivity index (χ1) is 8.15. The van der Waals surface area contributed by atoms with E-state index in [9.17, 15) is 9.59 Å². The minimum Gasteiger partial charge on any atom is -0.469 e. The zero-order valence-corrected chi connectivity index (χ0v) is 11.0. The third-order valence-corrected chi connectivity index (χ3v) is 4.38. The fourth-order valence-electron chi connectivity index (χ4n) is 1.61. The molecule has 17 heavy (non-hydrogen) atoms. The standard InChI is InChI=1S/C9H11N3O3S2/c1-15-7(14)5-3-6(13)12(4-5)8-10-11-9(16-2)17-8/h5H,3-4H2,1-2H3. The largest absolute Gasteiger partial charge is 0.469 e. The van der Waals surface area contributed by atoms with Crippen LogP contribution in [0.25, 0.3) is 0 Å². The molecule has 1 amide bonds. The number of nitrogens with zero attached hydrogens (tertiary/aromatic N) is 3. The third-order valence-electron chi connectivity index (χ3n) is 2.46. The van der Waals surface area contributed by atoms with E-state index in [1.807, 2.05) is 6.26 Å². The zero-order valence-electron chi connectivity index (χ0n) is 9.37. The Labute approximate surface area is 106 Å². The van der Waals surface area contributed by atoms with Crippen LogP contribution in [-0.2, 0) is 14.3 Å². The number of amides is 1. The molecular formula is C9H11N3O3S2. The highest BCUT2D eigenvalue weighted by Gasteiger charge is 2.37. The SMILES string of the molecule is COC(=O)C1CC(=O)N(c2nnc(SC)s2)C1. The van der Waals surface area contributed by atoms with Crippen LogP contribution in [0.4, 0.5) is 5.13 Å². The van der Waals surface area contributed by atoms with Crippen molar-refractivity contribution in [1.29, 1.82) is 0 Å². The average molecular weight is 273 g/mol. The fourth-order valence-corrected chi connectivity index (χ4v) is 2.90. The van der Waals surface area contributed by atoms with Gasteiger partial charge in [0.15, 0.2) is 4.34 Å². The van der Waals surface area contributed by atoms with Gasteiger partial charge in [0.2, 0.25) is 11.0 Å². The van der Waals surface area contributed by atoms with Gasteiger partial charge in [0, 0.05) is 13.0 Å². The number of anilines is 1. The highest BCUT2D eigenvalue weighted by atomic mass is 32.2. The number of rotatable bonds is 3. The van der Waals surface area contributed by atoms with Crippen LogP contribution in [0.15, 0.2) is 4.34 Å². The van der Waals surface area contributed by atoms with Gasteiger partial charge in [0.25, 0.3) is 0 Å². The minimum atomic E-state index is -0.394. The number of esters is 1. The summed E-state index contributed by atoms with van der Waals surface area (Å²) in [7, 11) is 1.33. The summed E-state index contributed by atoms with van der Waals surface area (Å²) in [5, 5.41) is 8.41. The van der Waals surface area contributed by atoms with Crippen molar-refractivity contribution in [3.05, 3.63) is 0 Å². The average Bonchev–Trinajstić information content (AvgIpc) is 2.93. The summed E-state index contributed by atoms with van der Waals surface area (Å²) in [6, 6.07) is 0. The molecule has 0 aromatic carbocycles. The van der Waals surface area contributed by atoms with E-state index in [4.69, 9.17) is 0 Å².